The number of hydrogen-bond acceptors (Lipinski definition) is 6. The van der Waals surface area contributed by atoms with Crippen molar-refractivity contribution in [3.05, 3.63) is 82.8 Å². The van der Waals surface area contributed by atoms with E-state index in [4.69, 9.17) is 14.1 Å². The van der Waals surface area contributed by atoms with Gasteiger partial charge in [0.05, 0.1) is 29.4 Å². The van der Waals surface area contributed by atoms with Gasteiger partial charge in [0.1, 0.15) is 18.1 Å². The number of nitrogens with zero attached hydrogens (tertiary/aromatic N) is 3. The topological polar surface area (TPSA) is 101 Å². The van der Waals surface area contributed by atoms with Crippen molar-refractivity contribution in [3.8, 4) is 27.6 Å². The summed E-state index contributed by atoms with van der Waals surface area (Å²) in [6.45, 7) is 2.97. The third-order valence-electron chi connectivity index (χ3n) is 8.54. The van der Waals surface area contributed by atoms with E-state index in [1.165, 1.54) is 0 Å². The molecule has 0 bridgehead atoms. The van der Waals surface area contributed by atoms with E-state index in [0.29, 0.717) is 30.7 Å². The number of aromatic nitrogens is 2. The third-order valence-corrected chi connectivity index (χ3v) is 9.70. The summed E-state index contributed by atoms with van der Waals surface area (Å²) < 4.78 is 13.0. The van der Waals surface area contributed by atoms with Gasteiger partial charge in [0, 0.05) is 16.9 Å². The number of furan rings is 1. The normalized spacial score (nSPS) is 19.8. The van der Waals surface area contributed by atoms with Gasteiger partial charge in [0.15, 0.2) is 23.1 Å². The predicted octanol–water partition coefficient (Wildman–Crippen LogP) is 7.90. The van der Waals surface area contributed by atoms with Gasteiger partial charge in [-0.25, -0.2) is 9.78 Å². The number of fused-ring (bicyclic) bond motifs is 5. The van der Waals surface area contributed by atoms with Crippen molar-refractivity contribution in [2.75, 3.05) is 6.54 Å². The zero-order chi connectivity index (χ0) is 28.1. The highest BCUT2D eigenvalue weighted by atomic mass is 32.1. The smallest absolute Gasteiger partial charge is 0.352 e. The minimum absolute atomic E-state index is 0.0546. The number of para-hydroxylation sites is 2. The molecule has 4 heterocycles. The van der Waals surface area contributed by atoms with Crippen LogP contribution in [0.2, 0.25) is 0 Å². The van der Waals surface area contributed by atoms with Crippen LogP contribution in [0.25, 0.3) is 32.9 Å². The zero-order valence-corrected chi connectivity index (χ0v) is 23.6. The van der Waals surface area contributed by atoms with Crippen molar-refractivity contribution in [3.63, 3.8) is 0 Å². The molecule has 1 saturated carbocycles. The van der Waals surface area contributed by atoms with E-state index >= 15 is 0 Å². The molecular weight excluding hydrogens is 538 g/mol. The number of imidazole rings is 1. The van der Waals surface area contributed by atoms with Gasteiger partial charge in [-0.1, -0.05) is 38.0 Å². The summed E-state index contributed by atoms with van der Waals surface area (Å²) >= 11 is 1.14. The van der Waals surface area contributed by atoms with E-state index in [9.17, 15) is 15.1 Å². The van der Waals surface area contributed by atoms with E-state index in [1.807, 2.05) is 47.0 Å². The molecular formula is C32H31N3O5S. The molecule has 0 saturated heterocycles. The summed E-state index contributed by atoms with van der Waals surface area (Å²) in [7, 11) is 0. The lowest BCUT2D eigenvalue weighted by Crippen LogP contribution is -2.47. The summed E-state index contributed by atoms with van der Waals surface area (Å²) in [6.07, 6.45) is 5.70. The number of carboxylic acids is 1. The van der Waals surface area contributed by atoms with Crippen molar-refractivity contribution < 1.29 is 19.1 Å². The van der Waals surface area contributed by atoms with Gasteiger partial charge >= 0.3 is 5.97 Å². The molecule has 2 aliphatic rings. The van der Waals surface area contributed by atoms with Crippen LogP contribution in [0, 0.1) is 17.0 Å². The number of carbonyl (C=O) groups is 1. The number of rotatable bonds is 7. The first kappa shape index (κ1) is 26.0. The van der Waals surface area contributed by atoms with E-state index < -0.39 is 10.6 Å². The quantitative estimate of drug-likeness (QED) is 0.158. The number of ether oxygens (including phenoxy) is 1. The van der Waals surface area contributed by atoms with Gasteiger partial charge in [0.25, 0.3) is 0 Å². The minimum Gasteiger partial charge on any atom is -0.627 e. The fourth-order valence-corrected chi connectivity index (χ4v) is 7.39. The first-order valence-electron chi connectivity index (χ1n) is 14.1. The molecule has 9 heteroatoms. The lowest BCUT2D eigenvalue weighted by atomic mass is 9.82. The van der Waals surface area contributed by atoms with Crippen molar-refractivity contribution in [1.82, 2.24) is 14.2 Å². The monoisotopic (exact) mass is 569 g/mol. The molecule has 0 spiro atoms. The van der Waals surface area contributed by atoms with Gasteiger partial charge in [-0.15, -0.1) is 11.3 Å². The number of thiophene rings is 1. The Balaban J connectivity index is 1.27. The van der Waals surface area contributed by atoms with Crippen molar-refractivity contribution in [2.45, 2.75) is 45.9 Å². The van der Waals surface area contributed by atoms with E-state index in [0.717, 1.165) is 69.9 Å². The molecule has 2 aromatic carbocycles. The van der Waals surface area contributed by atoms with Gasteiger partial charge in [-0.05, 0) is 60.7 Å². The Morgan fingerprint density at radius 3 is 2.73 bits per heavy atom. The zero-order valence-electron chi connectivity index (χ0n) is 22.8. The van der Waals surface area contributed by atoms with Crippen LogP contribution in [-0.2, 0) is 13.3 Å². The maximum atomic E-state index is 14.7. The van der Waals surface area contributed by atoms with Gasteiger partial charge in [0.2, 0.25) is 0 Å². The fraction of sp³-hybridized carbons (Fsp3) is 0.312. The first-order valence-corrected chi connectivity index (χ1v) is 14.9. The Hall–Kier alpha value is -3.92. The Morgan fingerprint density at radius 2 is 1.95 bits per heavy atom. The van der Waals surface area contributed by atoms with Crippen LogP contribution in [0.15, 0.2) is 71.3 Å². The Morgan fingerprint density at radius 1 is 1.12 bits per heavy atom. The van der Waals surface area contributed by atoms with Gasteiger partial charge < -0.3 is 24.1 Å². The molecule has 0 amide bonds. The maximum absolute atomic E-state index is 14.7. The second-order valence-electron chi connectivity index (χ2n) is 11.4. The van der Waals surface area contributed by atoms with E-state index in [1.54, 1.807) is 24.5 Å². The van der Waals surface area contributed by atoms with Crippen LogP contribution in [0.5, 0.6) is 5.75 Å². The van der Waals surface area contributed by atoms with E-state index in [2.05, 4.69) is 6.92 Å². The molecule has 1 atom stereocenters. The molecule has 1 N–H and O–H groups in total. The van der Waals surface area contributed by atoms with Crippen LogP contribution in [0.4, 0.5) is 5.69 Å². The summed E-state index contributed by atoms with van der Waals surface area (Å²) in [5.41, 5.74) is 3.89. The largest absolute Gasteiger partial charge is 0.627 e. The molecule has 1 aliphatic heterocycles. The number of carboxylic acid groups (broad SMARTS) is 1. The second kappa shape index (κ2) is 10.2. The number of hydroxylamine groups is 2. The van der Waals surface area contributed by atoms with Crippen LogP contribution in [0.1, 0.15) is 48.0 Å². The number of benzene rings is 2. The molecule has 5 aromatic rings. The maximum Gasteiger partial charge on any atom is 0.352 e. The number of aromatic carboxylic acids is 1. The summed E-state index contributed by atoms with van der Waals surface area (Å²) in [4.78, 5) is 18.1. The van der Waals surface area contributed by atoms with E-state index in [-0.39, 0.29) is 23.0 Å². The highest BCUT2D eigenvalue weighted by molar-refractivity contribution is 7.18. The van der Waals surface area contributed by atoms with Crippen molar-refractivity contribution in [1.29, 1.82) is 0 Å². The minimum atomic E-state index is -1.09. The summed E-state index contributed by atoms with van der Waals surface area (Å²) in [6, 6.07) is 19.1. The predicted molar refractivity (Wildman–Crippen MR) is 160 cm³/mol. The second-order valence-corrected chi connectivity index (χ2v) is 12.5. The first-order chi connectivity index (χ1) is 19.9. The molecule has 1 unspecified atom stereocenters. The molecule has 7 rings (SSSR count). The van der Waals surface area contributed by atoms with Gasteiger partial charge in [-0.3, -0.25) is 4.57 Å². The Labute approximate surface area is 241 Å². The van der Waals surface area contributed by atoms with Crippen LogP contribution in [-0.4, -0.2) is 27.2 Å². The van der Waals surface area contributed by atoms with Crippen LogP contribution < -0.4 is 9.38 Å². The average Bonchev–Trinajstić information content (AvgIpc) is 3.73. The molecule has 8 nitrogen and oxygen atoms in total. The molecule has 41 heavy (non-hydrogen) atoms. The van der Waals surface area contributed by atoms with Gasteiger partial charge in [-0.2, -0.15) is 0 Å². The van der Waals surface area contributed by atoms with Crippen molar-refractivity contribution in [2.24, 2.45) is 11.8 Å². The summed E-state index contributed by atoms with van der Waals surface area (Å²) in [5, 5.41) is 25.0. The Bertz CT molecular complexity index is 1730. The lowest BCUT2D eigenvalue weighted by Gasteiger charge is -2.44. The number of hydrogen-bond donors (Lipinski definition) is 1. The lowest BCUT2D eigenvalue weighted by molar-refractivity contribution is 0.0699. The van der Waals surface area contributed by atoms with Crippen LogP contribution >= 0.6 is 11.3 Å². The highest BCUT2D eigenvalue weighted by Gasteiger charge is 2.35. The molecule has 0 radical (unpaired) electrons. The SMILES string of the molecule is CC1CCC(C[N+]([O-])(Cc2ccco2)c2cc(-c3ccc4c(c3)OCn3c-4nc4ccccc43)sc2C(=O)O)CC1. The standard InChI is InChI=1S/C32H31N3O5S/c1-20-8-10-21(11-9-20)17-35(38,18-23-5-4-14-39-23)27-16-29(41-30(27)32(36)37)22-12-13-24-28(15-22)40-19-34-26-7-3-2-6-25(26)33-31(24)34/h2-7,12-16,20-21H,8-11,17-19H2,1H3,(H,36,37). The number of quaternary nitrogens is 1. The average molecular weight is 570 g/mol. The molecule has 1 fully saturated rings. The Kier molecular flexibility index (Phi) is 6.45. The molecule has 210 valence electrons. The highest BCUT2D eigenvalue weighted by Crippen LogP contribution is 2.45. The van der Waals surface area contributed by atoms with Crippen molar-refractivity contribution >= 4 is 34.0 Å². The molecule has 1 aliphatic carbocycles. The van der Waals surface area contributed by atoms with Crippen LogP contribution in [0.3, 0.4) is 0 Å². The summed E-state index contributed by atoms with van der Waals surface area (Å²) in [5.74, 6) is 1.89. The fourth-order valence-electron chi connectivity index (χ4n) is 6.34. The molecule has 3 aromatic heterocycles. The third kappa shape index (κ3) is 4.73.